The van der Waals surface area contributed by atoms with Gasteiger partial charge < -0.3 is 4.55 Å². The van der Waals surface area contributed by atoms with Crippen LogP contribution in [0.25, 0.3) is 0 Å². The molecule has 0 saturated heterocycles. The van der Waals surface area contributed by atoms with E-state index in [1.54, 1.807) is 11.0 Å². The first kappa shape index (κ1) is 11.1. The standard InChI is InChI=1S/C11H11NO3S/c1-2-12-10-6-4-3-5-9(10)7-8-11(12)16(13,14)15/h3-6,8,11H,2H2,1H3. The van der Waals surface area contributed by atoms with Crippen LogP contribution in [0.4, 0.5) is 5.69 Å². The molecule has 1 aromatic carbocycles. The Morgan fingerprint density at radius 2 is 2.12 bits per heavy atom. The van der Waals surface area contributed by atoms with Gasteiger partial charge in [-0.05, 0) is 19.1 Å². The summed E-state index contributed by atoms with van der Waals surface area (Å²) in [7, 11) is -4.37. The number of likely N-dealkylation sites (N-methyl/N-ethyl adjacent to an activating group) is 1. The van der Waals surface area contributed by atoms with Crippen LogP contribution < -0.4 is 4.90 Å². The fourth-order valence-corrected chi connectivity index (χ4v) is 2.63. The normalized spacial score (nSPS) is 19.1. The third-order valence-electron chi connectivity index (χ3n) is 2.54. The van der Waals surface area contributed by atoms with Crippen LogP contribution in [0.5, 0.6) is 0 Å². The first-order valence-electron chi connectivity index (χ1n) is 4.94. The Bertz CT molecular complexity index is 522. The van der Waals surface area contributed by atoms with Crippen LogP contribution in [0.15, 0.2) is 30.3 Å². The van der Waals surface area contributed by atoms with Gasteiger partial charge in [0.1, 0.15) is 10.1 Å². The molecule has 0 radical (unpaired) electrons. The van der Waals surface area contributed by atoms with E-state index in [4.69, 9.17) is 0 Å². The van der Waals surface area contributed by atoms with Crippen LogP contribution in [-0.2, 0) is 10.1 Å². The minimum absolute atomic E-state index is 0.460. The second-order valence-corrected chi connectivity index (χ2v) is 4.97. The number of nitrogens with zero attached hydrogens (tertiary/aromatic N) is 1. The largest absolute Gasteiger partial charge is 0.746 e. The van der Waals surface area contributed by atoms with Gasteiger partial charge in [-0.1, -0.05) is 0 Å². The van der Waals surface area contributed by atoms with Gasteiger partial charge in [-0.25, -0.2) is 8.42 Å². The van der Waals surface area contributed by atoms with Crippen molar-refractivity contribution in [2.45, 2.75) is 12.3 Å². The summed E-state index contributed by atoms with van der Waals surface area (Å²) in [5, 5.41) is -1.15. The molecule has 1 aromatic rings. The Balaban J connectivity index is 2.53. The van der Waals surface area contributed by atoms with Gasteiger partial charge in [-0.3, -0.25) is 4.90 Å². The van der Waals surface area contributed by atoms with E-state index in [1.807, 2.05) is 25.1 Å². The van der Waals surface area contributed by atoms with Crippen LogP contribution in [0.3, 0.4) is 0 Å². The van der Waals surface area contributed by atoms with Crippen LogP contribution in [0.2, 0.25) is 0 Å². The van der Waals surface area contributed by atoms with Crippen molar-refractivity contribution >= 4 is 15.8 Å². The van der Waals surface area contributed by atoms with E-state index in [-0.39, 0.29) is 0 Å². The van der Waals surface area contributed by atoms with Crippen molar-refractivity contribution in [1.82, 2.24) is 0 Å². The highest BCUT2D eigenvalue weighted by Gasteiger charge is 2.31. The quantitative estimate of drug-likeness (QED) is 0.571. The molecule has 16 heavy (non-hydrogen) atoms. The van der Waals surface area contributed by atoms with Crippen LogP contribution in [0.1, 0.15) is 12.5 Å². The fourth-order valence-electron chi connectivity index (χ4n) is 1.82. The summed E-state index contributed by atoms with van der Waals surface area (Å²) in [5.74, 6) is 0. The van der Waals surface area contributed by atoms with Crippen LogP contribution >= 0.6 is 0 Å². The topological polar surface area (TPSA) is 60.4 Å². The van der Waals surface area contributed by atoms with Crippen molar-refractivity contribution < 1.29 is 13.0 Å². The Kier molecular flexibility index (Phi) is 2.68. The van der Waals surface area contributed by atoms with Crippen molar-refractivity contribution in [2.75, 3.05) is 11.4 Å². The number of benzene rings is 1. The third-order valence-corrected chi connectivity index (χ3v) is 3.52. The van der Waals surface area contributed by atoms with E-state index in [9.17, 15) is 13.0 Å². The van der Waals surface area contributed by atoms with Crippen molar-refractivity contribution in [3.63, 3.8) is 0 Å². The smallest absolute Gasteiger partial charge is 0.211 e. The number of hydrogen-bond acceptors (Lipinski definition) is 4. The summed E-state index contributed by atoms with van der Waals surface area (Å²) < 4.78 is 33.3. The van der Waals surface area contributed by atoms with E-state index in [2.05, 4.69) is 6.08 Å². The predicted molar refractivity (Wildman–Crippen MR) is 59.9 cm³/mol. The van der Waals surface area contributed by atoms with Crippen molar-refractivity contribution in [2.24, 2.45) is 0 Å². The molecule has 1 unspecified atom stereocenters. The molecule has 2 rings (SSSR count). The minimum Gasteiger partial charge on any atom is -0.746 e. The SMILES string of the molecule is CCN1c2ccccc2[C+]=CC1S(=O)(=O)[O-]. The number of para-hydroxylation sites is 1. The van der Waals surface area contributed by atoms with Gasteiger partial charge in [0, 0.05) is 18.7 Å². The number of anilines is 1. The lowest BCUT2D eigenvalue weighted by Crippen LogP contribution is -2.41. The van der Waals surface area contributed by atoms with E-state index >= 15 is 0 Å². The van der Waals surface area contributed by atoms with Crippen LogP contribution in [0, 0.1) is 6.08 Å². The van der Waals surface area contributed by atoms with E-state index in [1.165, 1.54) is 6.08 Å². The highest BCUT2D eigenvalue weighted by atomic mass is 32.2. The molecule has 0 amide bonds. The van der Waals surface area contributed by atoms with Gasteiger partial charge in [0.15, 0.2) is 11.1 Å². The molecular formula is C11H11NO3S. The Morgan fingerprint density at radius 3 is 2.75 bits per heavy atom. The molecule has 4 nitrogen and oxygen atoms in total. The lowest BCUT2D eigenvalue weighted by Gasteiger charge is -2.30. The zero-order chi connectivity index (χ0) is 11.8. The zero-order valence-corrected chi connectivity index (χ0v) is 9.57. The van der Waals surface area contributed by atoms with E-state index in [0.29, 0.717) is 6.54 Å². The van der Waals surface area contributed by atoms with Crippen LogP contribution in [-0.4, -0.2) is 24.9 Å². The van der Waals surface area contributed by atoms with E-state index < -0.39 is 15.5 Å². The second-order valence-electron chi connectivity index (χ2n) is 3.50. The summed E-state index contributed by atoms with van der Waals surface area (Å²) in [5.41, 5.74) is 1.54. The average Bonchev–Trinajstić information content (AvgIpc) is 2.26. The molecule has 84 valence electrons. The minimum atomic E-state index is -4.37. The molecule has 0 bridgehead atoms. The van der Waals surface area contributed by atoms with Gasteiger partial charge in [0.05, 0.1) is 12.1 Å². The Hall–Kier alpha value is -1.42. The monoisotopic (exact) mass is 237 g/mol. The van der Waals surface area contributed by atoms with Crippen molar-refractivity contribution in [3.05, 3.63) is 42.0 Å². The maximum absolute atomic E-state index is 11.1. The summed E-state index contributed by atoms with van der Waals surface area (Å²) in [6.45, 7) is 2.27. The molecule has 1 atom stereocenters. The van der Waals surface area contributed by atoms with Crippen molar-refractivity contribution in [3.8, 4) is 0 Å². The lowest BCUT2D eigenvalue weighted by molar-refractivity contribution is 0.452. The summed E-state index contributed by atoms with van der Waals surface area (Å²) >= 11 is 0. The molecule has 5 heteroatoms. The van der Waals surface area contributed by atoms with Gasteiger partial charge >= 0.3 is 0 Å². The predicted octanol–water partition coefficient (Wildman–Crippen LogP) is 1.11. The summed E-state index contributed by atoms with van der Waals surface area (Å²) in [6, 6.07) is 7.28. The highest BCUT2D eigenvalue weighted by molar-refractivity contribution is 7.86. The summed E-state index contributed by atoms with van der Waals surface area (Å²) in [4.78, 5) is 1.56. The maximum Gasteiger partial charge on any atom is 0.211 e. The molecule has 0 fully saturated rings. The molecule has 0 saturated carbocycles. The molecule has 0 N–H and O–H groups in total. The third kappa shape index (κ3) is 1.80. The Morgan fingerprint density at radius 1 is 1.44 bits per heavy atom. The summed E-state index contributed by atoms with van der Waals surface area (Å²) in [6.07, 6.45) is 4.15. The average molecular weight is 237 g/mol. The molecule has 1 heterocycles. The molecule has 0 aromatic heterocycles. The molecular weight excluding hydrogens is 226 g/mol. The van der Waals surface area contributed by atoms with E-state index in [0.717, 1.165) is 11.3 Å². The number of rotatable bonds is 2. The zero-order valence-electron chi connectivity index (χ0n) is 8.75. The molecule has 0 spiro atoms. The van der Waals surface area contributed by atoms with Crippen molar-refractivity contribution in [1.29, 1.82) is 0 Å². The molecule has 0 aliphatic carbocycles. The number of hydrogen-bond donors (Lipinski definition) is 0. The maximum atomic E-state index is 11.1. The number of fused-ring (bicyclic) bond motifs is 1. The Labute approximate surface area is 94.9 Å². The molecule has 1 aliphatic heterocycles. The highest BCUT2D eigenvalue weighted by Crippen LogP contribution is 2.28. The first-order valence-corrected chi connectivity index (χ1v) is 6.41. The second kappa shape index (κ2) is 3.87. The van der Waals surface area contributed by atoms with Gasteiger partial charge in [0.2, 0.25) is 5.56 Å². The first-order chi connectivity index (χ1) is 7.54. The van der Waals surface area contributed by atoms with Gasteiger partial charge in [-0.2, -0.15) is 0 Å². The molecule has 1 aliphatic rings. The lowest BCUT2D eigenvalue weighted by atomic mass is 10.1. The van der Waals surface area contributed by atoms with Gasteiger partial charge in [-0.15, -0.1) is 0 Å². The fraction of sp³-hybridized carbons (Fsp3) is 0.273. The van der Waals surface area contributed by atoms with Gasteiger partial charge in [0.25, 0.3) is 0 Å².